The standard InChI is InChI=1S/C22H28N6O2/c1-29-16-9-7-15(8-10-16)26-22-27-18-5-3-4-17(20(18)21(28-22)30-2)14-6-11-19(24-12-14)25-13-23/h4,6,11-13,15-16H,3,5,7-10H2,1-2H3,(H2,23,24,25)(H,26,27,28)/t15-,16+. The zero-order valence-electron chi connectivity index (χ0n) is 17.4. The first-order valence-electron chi connectivity index (χ1n) is 10.4. The first kappa shape index (κ1) is 20.3. The number of aromatic amines is 1. The number of rotatable bonds is 6. The van der Waals surface area contributed by atoms with E-state index in [1.165, 1.54) is 0 Å². The molecule has 3 N–H and O–H groups in total. The van der Waals surface area contributed by atoms with Gasteiger partial charge in [0.25, 0.3) is 0 Å². The predicted molar refractivity (Wildman–Crippen MR) is 116 cm³/mol. The van der Waals surface area contributed by atoms with Crippen molar-refractivity contribution in [3.05, 3.63) is 46.7 Å². The maximum Gasteiger partial charge on any atom is 0.226 e. The zero-order valence-corrected chi connectivity index (χ0v) is 17.4. The van der Waals surface area contributed by atoms with E-state index in [-0.39, 0.29) is 0 Å². The van der Waals surface area contributed by atoms with Crippen molar-refractivity contribution in [2.75, 3.05) is 19.5 Å². The van der Waals surface area contributed by atoms with Crippen LogP contribution < -0.4 is 15.5 Å². The van der Waals surface area contributed by atoms with Gasteiger partial charge in [0.15, 0.2) is 0 Å². The minimum absolute atomic E-state index is 0.359. The van der Waals surface area contributed by atoms with E-state index in [2.05, 4.69) is 26.4 Å². The molecule has 0 unspecified atom stereocenters. The maximum atomic E-state index is 7.10. The number of methoxy groups -OCH3 is 2. The third-order valence-electron chi connectivity index (χ3n) is 5.79. The fourth-order valence-electron chi connectivity index (χ4n) is 4.22. The molecule has 0 radical (unpaired) electrons. The monoisotopic (exact) mass is 408 g/mol. The van der Waals surface area contributed by atoms with Gasteiger partial charge >= 0.3 is 0 Å². The van der Waals surface area contributed by atoms with Crippen molar-refractivity contribution in [3.63, 3.8) is 0 Å². The Morgan fingerprint density at radius 2 is 2.03 bits per heavy atom. The van der Waals surface area contributed by atoms with Crippen LogP contribution in [-0.2, 0) is 11.2 Å². The molecule has 8 heteroatoms. The summed E-state index contributed by atoms with van der Waals surface area (Å²) in [7, 11) is 3.44. The van der Waals surface area contributed by atoms with E-state index in [1.807, 2.05) is 18.3 Å². The van der Waals surface area contributed by atoms with Crippen LogP contribution in [0.2, 0.25) is 0 Å². The van der Waals surface area contributed by atoms with Gasteiger partial charge in [0.05, 0.1) is 24.5 Å². The smallest absolute Gasteiger partial charge is 0.226 e. The number of H-pyrrole nitrogens is 1. The average molecular weight is 409 g/mol. The number of ether oxygens (including phenoxy) is 2. The molecule has 2 aliphatic carbocycles. The first-order chi connectivity index (χ1) is 14.7. The number of allylic oxidation sites excluding steroid dienone is 1. The van der Waals surface area contributed by atoms with Crippen molar-refractivity contribution in [2.45, 2.75) is 50.7 Å². The fourth-order valence-corrected chi connectivity index (χ4v) is 4.22. The van der Waals surface area contributed by atoms with E-state index in [4.69, 9.17) is 19.9 Å². The normalized spacial score (nSPS) is 21.5. The van der Waals surface area contributed by atoms with E-state index in [9.17, 15) is 0 Å². The number of pyridine rings is 1. The summed E-state index contributed by atoms with van der Waals surface area (Å²) in [5.74, 6) is 1.23. The molecule has 30 heavy (non-hydrogen) atoms. The Kier molecular flexibility index (Phi) is 6.23. The van der Waals surface area contributed by atoms with Crippen LogP contribution in [0.15, 0.2) is 29.4 Å². The lowest BCUT2D eigenvalue weighted by Gasteiger charge is -2.28. The maximum absolute atomic E-state index is 7.10. The molecule has 1 saturated carbocycles. The predicted octanol–water partition coefficient (Wildman–Crippen LogP) is 3.07. The molecule has 8 nitrogen and oxygen atoms in total. The lowest BCUT2D eigenvalue weighted by atomic mass is 9.91. The van der Waals surface area contributed by atoms with E-state index in [1.54, 1.807) is 14.2 Å². The lowest BCUT2D eigenvalue weighted by Crippen LogP contribution is -2.30. The summed E-state index contributed by atoms with van der Waals surface area (Å²) >= 11 is 0. The molecule has 2 aromatic rings. The van der Waals surface area contributed by atoms with E-state index >= 15 is 0 Å². The van der Waals surface area contributed by atoms with Crippen molar-refractivity contribution in [1.29, 1.82) is 5.41 Å². The number of anilines is 1. The van der Waals surface area contributed by atoms with Gasteiger partial charge in [-0.3, -0.25) is 5.41 Å². The number of fused-ring (bicyclic) bond motifs is 1. The largest absolute Gasteiger partial charge is 0.480 e. The molecule has 158 valence electrons. The van der Waals surface area contributed by atoms with Crippen molar-refractivity contribution >= 4 is 17.9 Å². The van der Waals surface area contributed by atoms with E-state index in [0.717, 1.165) is 67.3 Å². The molecule has 0 atom stereocenters. The quantitative estimate of drug-likeness (QED) is 0.503. The Labute approximate surface area is 176 Å². The number of aromatic nitrogens is 3. The van der Waals surface area contributed by atoms with Gasteiger partial charge in [0.1, 0.15) is 11.8 Å². The Balaban J connectivity index is 1.61. The van der Waals surface area contributed by atoms with Gasteiger partial charge in [-0.15, -0.1) is 0 Å². The highest BCUT2D eigenvalue weighted by molar-refractivity contribution is 5.84. The highest BCUT2D eigenvalue weighted by atomic mass is 16.5. The van der Waals surface area contributed by atoms with Crippen LogP contribution in [0.5, 0.6) is 5.88 Å². The molecule has 0 bridgehead atoms. The Morgan fingerprint density at radius 1 is 1.20 bits per heavy atom. The van der Waals surface area contributed by atoms with Crippen LogP contribution in [0, 0.1) is 5.41 Å². The summed E-state index contributed by atoms with van der Waals surface area (Å²) < 4.78 is 11.2. The van der Waals surface area contributed by atoms with E-state index in [0.29, 0.717) is 29.5 Å². The molecule has 4 rings (SSSR count). The first-order valence-corrected chi connectivity index (χ1v) is 10.4. The molecule has 0 spiro atoms. The Bertz CT molecular complexity index is 985. The van der Waals surface area contributed by atoms with Gasteiger partial charge in [0.2, 0.25) is 11.8 Å². The van der Waals surface area contributed by atoms with Gasteiger partial charge in [-0.05, 0) is 61.8 Å². The van der Waals surface area contributed by atoms with Crippen molar-refractivity contribution in [3.8, 4) is 5.88 Å². The Morgan fingerprint density at radius 3 is 2.70 bits per heavy atom. The third-order valence-corrected chi connectivity index (χ3v) is 5.79. The van der Waals surface area contributed by atoms with Gasteiger partial charge < -0.3 is 19.8 Å². The van der Waals surface area contributed by atoms with Gasteiger partial charge in [-0.1, -0.05) is 6.08 Å². The summed E-state index contributed by atoms with van der Waals surface area (Å²) in [5.41, 5.74) is 4.65. The molecule has 2 heterocycles. The summed E-state index contributed by atoms with van der Waals surface area (Å²) in [6, 6.07) is 4.20. The summed E-state index contributed by atoms with van der Waals surface area (Å²) in [6.45, 7) is 0. The van der Waals surface area contributed by atoms with Crippen LogP contribution in [-0.4, -0.2) is 47.7 Å². The topological polar surface area (TPSA) is 108 Å². The average Bonchev–Trinajstić information content (AvgIpc) is 2.79. The molecule has 2 aromatic heterocycles. The number of nitrogens with zero attached hydrogens (tertiary/aromatic N) is 3. The number of nitrogens with one attached hydrogen (secondary N) is 3. The molecular weight excluding hydrogens is 380 g/mol. The van der Waals surface area contributed by atoms with Crippen LogP contribution in [0.25, 0.3) is 5.57 Å². The molecular formula is C22H28N6O2. The molecule has 0 saturated heterocycles. The van der Waals surface area contributed by atoms with Gasteiger partial charge in [0, 0.05) is 19.3 Å². The van der Waals surface area contributed by atoms with Crippen LogP contribution >= 0.6 is 0 Å². The minimum atomic E-state index is 0.359. The summed E-state index contributed by atoms with van der Waals surface area (Å²) in [4.78, 5) is 16.6. The second kappa shape index (κ2) is 9.21. The number of aryl methyl sites for hydroxylation is 1. The van der Waals surface area contributed by atoms with Gasteiger partial charge in [-0.25, -0.2) is 9.98 Å². The van der Waals surface area contributed by atoms with Gasteiger partial charge in [-0.2, -0.15) is 4.98 Å². The highest BCUT2D eigenvalue weighted by Crippen LogP contribution is 2.36. The molecule has 0 aliphatic heterocycles. The van der Waals surface area contributed by atoms with Crippen LogP contribution in [0.3, 0.4) is 0 Å². The van der Waals surface area contributed by atoms with Crippen molar-refractivity contribution < 1.29 is 9.47 Å². The van der Waals surface area contributed by atoms with Crippen molar-refractivity contribution in [2.24, 2.45) is 4.99 Å². The molecule has 2 aliphatic rings. The molecule has 0 amide bonds. The van der Waals surface area contributed by atoms with Crippen molar-refractivity contribution in [1.82, 2.24) is 15.0 Å². The fraction of sp³-hybridized carbons (Fsp3) is 0.455. The number of hydrogen-bond donors (Lipinski definition) is 3. The zero-order chi connectivity index (χ0) is 20.9. The summed E-state index contributed by atoms with van der Waals surface area (Å²) in [5, 5.41) is 10.6. The Hall–Kier alpha value is -3.00. The second-order valence-electron chi connectivity index (χ2n) is 7.61. The summed E-state index contributed by atoms with van der Waals surface area (Å²) in [6.07, 6.45) is 11.5. The second-order valence-corrected chi connectivity index (χ2v) is 7.61. The van der Waals surface area contributed by atoms with Crippen LogP contribution in [0.1, 0.15) is 48.9 Å². The van der Waals surface area contributed by atoms with Crippen LogP contribution in [0.4, 0.5) is 5.95 Å². The molecule has 0 aromatic carbocycles. The third kappa shape index (κ3) is 4.28. The number of hydrogen-bond acceptors (Lipinski definition) is 6. The lowest BCUT2D eigenvalue weighted by molar-refractivity contribution is 0.0681. The molecule has 1 fully saturated rings. The highest BCUT2D eigenvalue weighted by Gasteiger charge is 2.25. The SMILES string of the molecule is COc1nc(N[C@H]2CC[C@@H](OC)CC2)nc2c1C(c1cc/c(=N/C=N)[nH]c1)=CCC2. The van der Waals surface area contributed by atoms with E-state index < -0.39 is 0 Å². The minimum Gasteiger partial charge on any atom is -0.480 e.